The first kappa shape index (κ1) is 16.3. The lowest BCUT2D eigenvalue weighted by atomic mass is 10.0. The molecule has 4 heteroatoms. The van der Waals surface area contributed by atoms with Gasteiger partial charge in [0, 0.05) is 38.3 Å². The van der Waals surface area contributed by atoms with E-state index in [1.54, 1.807) is 0 Å². The van der Waals surface area contributed by atoms with Crippen LogP contribution in [0.5, 0.6) is 5.75 Å². The largest absolute Gasteiger partial charge is 0.494 e. The molecular formula is C17H29N3O. The summed E-state index contributed by atoms with van der Waals surface area (Å²) in [5.41, 5.74) is 7.35. The predicted octanol–water partition coefficient (Wildman–Crippen LogP) is 2.11. The Balaban J connectivity index is 2.13. The summed E-state index contributed by atoms with van der Waals surface area (Å²) in [5, 5.41) is 0. The van der Waals surface area contributed by atoms with Gasteiger partial charge in [0.05, 0.1) is 6.61 Å². The number of rotatable bonds is 6. The third-order valence-electron chi connectivity index (χ3n) is 4.22. The minimum atomic E-state index is 0.277. The molecule has 0 spiro atoms. The van der Waals surface area contributed by atoms with Gasteiger partial charge in [0.25, 0.3) is 0 Å². The molecule has 1 aromatic carbocycles. The second-order valence-corrected chi connectivity index (χ2v) is 6.02. The van der Waals surface area contributed by atoms with Crippen molar-refractivity contribution in [2.24, 2.45) is 5.73 Å². The van der Waals surface area contributed by atoms with Gasteiger partial charge in [-0.05, 0) is 38.1 Å². The maximum absolute atomic E-state index is 6.09. The average Bonchev–Trinajstić information content (AvgIpc) is 2.48. The number of ether oxygens (including phenoxy) is 1. The van der Waals surface area contributed by atoms with Crippen LogP contribution in [-0.2, 0) is 0 Å². The maximum Gasteiger partial charge on any atom is 0.119 e. The molecule has 1 fully saturated rings. The highest BCUT2D eigenvalue weighted by molar-refractivity contribution is 5.31. The molecule has 4 nitrogen and oxygen atoms in total. The van der Waals surface area contributed by atoms with E-state index in [1.165, 1.54) is 5.56 Å². The summed E-state index contributed by atoms with van der Waals surface area (Å²) in [4.78, 5) is 4.91. The molecule has 2 atom stereocenters. The Kier molecular flexibility index (Phi) is 6.03. The smallest absolute Gasteiger partial charge is 0.119 e. The molecule has 1 heterocycles. The van der Waals surface area contributed by atoms with Crippen LogP contribution in [0, 0.1) is 0 Å². The van der Waals surface area contributed by atoms with Gasteiger partial charge in [-0.15, -0.1) is 0 Å². The van der Waals surface area contributed by atoms with Crippen LogP contribution in [0.3, 0.4) is 0 Å². The number of nitrogens with two attached hydrogens (primary N) is 1. The van der Waals surface area contributed by atoms with Gasteiger partial charge in [-0.25, -0.2) is 0 Å². The van der Waals surface area contributed by atoms with Crippen molar-refractivity contribution in [2.75, 3.05) is 39.8 Å². The molecule has 118 valence electrons. The predicted molar refractivity (Wildman–Crippen MR) is 87.7 cm³/mol. The summed E-state index contributed by atoms with van der Waals surface area (Å²) in [6.07, 6.45) is 1.03. The quantitative estimate of drug-likeness (QED) is 0.871. The van der Waals surface area contributed by atoms with Crippen molar-refractivity contribution in [3.8, 4) is 5.75 Å². The standard InChI is InChI=1S/C17H29N3O/c1-4-10-21-16-7-5-6-15(11-16)17(12-18)20-9-8-19(3)13-14(20)2/h5-7,11,14,17H,4,8-10,12-13,18H2,1-3H3. The molecule has 2 rings (SSSR count). The van der Waals surface area contributed by atoms with Crippen LogP contribution >= 0.6 is 0 Å². The summed E-state index contributed by atoms with van der Waals surface area (Å²) < 4.78 is 5.75. The molecule has 1 saturated heterocycles. The number of hydrogen-bond acceptors (Lipinski definition) is 4. The summed E-state index contributed by atoms with van der Waals surface area (Å²) in [5.74, 6) is 0.953. The molecule has 21 heavy (non-hydrogen) atoms. The van der Waals surface area contributed by atoms with E-state index >= 15 is 0 Å². The highest BCUT2D eigenvalue weighted by atomic mass is 16.5. The van der Waals surface area contributed by atoms with E-state index in [0.29, 0.717) is 12.6 Å². The molecule has 0 aromatic heterocycles. The van der Waals surface area contributed by atoms with E-state index in [-0.39, 0.29) is 6.04 Å². The number of likely N-dealkylation sites (N-methyl/N-ethyl adjacent to an activating group) is 1. The first-order chi connectivity index (χ1) is 10.2. The fourth-order valence-corrected chi connectivity index (χ4v) is 3.11. The van der Waals surface area contributed by atoms with Gasteiger partial charge in [0.2, 0.25) is 0 Å². The molecule has 0 radical (unpaired) electrons. The second-order valence-electron chi connectivity index (χ2n) is 6.02. The van der Waals surface area contributed by atoms with E-state index in [9.17, 15) is 0 Å². The number of nitrogens with zero attached hydrogens (tertiary/aromatic N) is 2. The average molecular weight is 291 g/mol. The van der Waals surface area contributed by atoms with Crippen LogP contribution in [0.1, 0.15) is 31.9 Å². The number of piperazine rings is 1. The van der Waals surface area contributed by atoms with E-state index in [1.807, 2.05) is 6.07 Å². The fraction of sp³-hybridized carbons (Fsp3) is 0.647. The lowest BCUT2D eigenvalue weighted by Crippen LogP contribution is -2.52. The Labute approximate surface area is 128 Å². The Morgan fingerprint density at radius 1 is 1.38 bits per heavy atom. The SMILES string of the molecule is CCCOc1cccc(C(CN)N2CCN(C)CC2C)c1. The van der Waals surface area contributed by atoms with E-state index in [4.69, 9.17) is 10.5 Å². The molecular weight excluding hydrogens is 262 g/mol. The molecule has 0 aliphatic carbocycles. The van der Waals surface area contributed by atoms with Crippen molar-refractivity contribution in [3.05, 3.63) is 29.8 Å². The Morgan fingerprint density at radius 3 is 2.86 bits per heavy atom. The van der Waals surface area contributed by atoms with Crippen molar-refractivity contribution >= 4 is 0 Å². The van der Waals surface area contributed by atoms with Crippen molar-refractivity contribution < 1.29 is 4.74 Å². The highest BCUT2D eigenvalue weighted by Crippen LogP contribution is 2.27. The van der Waals surface area contributed by atoms with Crippen LogP contribution in [-0.4, -0.2) is 55.7 Å². The van der Waals surface area contributed by atoms with Crippen molar-refractivity contribution in [1.29, 1.82) is 0 Å². The molecule has 1 aliphatic rings. The summed E-state index contributed by atoms with van der Waals surface area (Å²) in [6, 6.07) is 9.22. The minimum absolute atomic E-state index is 0.277. The number of hydrogen-bond donors (Lipinski definition) is 1. The Morgan fingerprint density at radius 2 is 2.19 bits per heavy atom. The summed E-state index contributed by atoms with van der Waals surface area (Å²) >= 11 is 0. The van der Waals surface area contributed by atoms with Crippen LogP contribution in [0.25, 0.3) is 0 Å². The molecule has 0 amide bonds. The zero-order valence-electron chi connectivity index (χ0n) is 13.6. The van der Waals surface area contributed by atoms with Gasteiger partial charge < -0.3 is 15.4 Å². The van der Waals surface area contributed by atoms with Crippen LogP contribution in [0.2, 0.25) is 0 Å². The van der Waals surface area contributed by atoms with E-state index < -0.39 is 0 Å². The highest BCUT2D eigenvalue weighted by Gasteiger charge is 2.28. The molecule has 2 N–H and O–H groups in total. The van der Waals surface area contributed by atoms with E-state index in [0.717, 1.165) is 38.4 Å². The van der Waals surface area contributed by atoms with Crippen molar-refractivity contribution in [1.82, 2.24) is 9.80 Å². The van der Waals surface area contributed by atoms with Gasteiger partial charge in [-0.1, -0.05) is 19.1 Å². The van der Waals surface area contributed by atoms with Crippen LogP contribution < -0.4 is 10.5 Å². The molecule has 0 bridgehead atoms. The summed E-state index contributed by atoms with van der Waals surface area (Å²) in [6.45, 7) is 9.09. The fourth-order valence-electron chi connectivity index (χ4n) is 3.11. The number of benzene rings is 1. The molecule has 2 unspecified atom stereocenters. The van der Waals surface area contributed by atoms with Crippen LogP contribution in [0.15, 0.2) is 24.3 Å². The summed E-state index contributed by atoms with van der Waals surface area (Å²) in [7, 11) is 2.19. The molecule has 0 saturated carbocycles. The van der Waals surface area contributed by atoms with Gasteiger partial charge in [0.15, 0.2) is 0 Å². The zero-order valence-corrected chi connectivity index (χ0v) is 13.6. The van der Waals surface area contributed by atoms with Gasteiger partial charge in [0.1, 0.15) is 5.75 Å². The third kappa shape index (κ3) is 4.19. The van der Waals surface area contributed by atoms with E-state index in [2.05, 4.69) is 48.9 Å². The van der Waals surface area contributed by atoms with Gasteiger partial charge in [-0.3, -0.25) is 4.90 Å². The third-order valence-corrected chi connectivity index (χ3v) is 4.22. The Bertz CT molecular complexity index is 438. The van der Waals surface area contributed by atoms with Gasteiger partial charge in [-0.2, -0.15) is 0 Å². The monoisotopic (exact) mass is 291 g/mol. The zero-order chi connectivity index (χ0) is 15.2. The molecule has 1 aromatic rings. The first-order valence-electron chi connectivity index (χ1n) is 8.02. The minimum Gasteiger partial charge on any atom is -0.494 e. The van der Waals surface area contributed by atoms with Crippen molar-refractivity contribution in [2.45, 2.75) is 32.4 Å². The normalized spacial score (nSPS) is 22.2. The lowest BCUT2D eigenvalue weighted by Gasteiger charge is -2.42. The Hall–Kier alpha value is -1.10. The second kappa shape index (κ2) is 7.78. The maximum atomic E-state index is 6.09. The topological polar surface area (TPSA) is 41.7 Å². The van der Waals surface area contributed by atoms with Crippen molar-refractivity contribution in [3.63, 3.8) is 0 Å². The first-order valence-corrected chi connectivity index (χ1v) is 8.02. The van der Waals surface area contributed by atoms with Crippen LogP contribution in [0.4, 0.5) is 0 Å². The van der Waals surface area contributed by atoms with Gasteiger partial charge >= 0.3 is 0 Å². The molecule has 1 aliphatic heterocycles. The lowest BCUT2D eigenvalue weighted by molar-refractivity contribution is 0.0634.